The number of rotatable bonds is 6. The van der Waals surface area contributed by atoms with Crippen molar-refractivity contribution in [1.29, 1.82) is 0 Å². The van der Waals surface area contributed by atoms with Gasteiger partial charge in [-0.3, -0.25) is 0 Å². The molecule has 0 atom stereocenters. The summed E-state index contributed by atoms with van der Waals surface area (Å²) in [6.07, 6.45) is 3.78. The molecule has 18 heavy (non-hydrogen) atoms. The van der Waals surface area contributed by atoms with Crippen LogP contribution < -0.4 is 0 Å². The largest absolute Gasteiger partial charge is 0.456 e. The van der Waals surface area contributed by atoms with Gasteiger partial charge in [-0.05, 0) is 39.5 Å². The lowest BCUT2D eigenvalue weighted by atomic mass is 9.84. The lowest BCUT2D eigenvalue weighted by molar-refractivity contribution is -0.159. The van der Waals surface area contributed by atoms with Crippen molar-refractivity contribution in [1.82, 2.24) is 0 Å². The Morgan fingerprint density at radius 2 is 1.94 bits per heavy atom. The van der Waals surface area contributed by atoms with Gasteiger partial charge in [-0.2, -0.15) is 0 Å². The van der Waals surface area contributed by atoms with Crippen molar-refractivity contribution in [3.63, 3.8) is 0 Å². The van der Waals surface area contributed by atoms with Gasteiger partial charge < -0.3 is 14.2 Å². The van der Waals surface area contributed by atoms with E-state index in [0.29, 0.717) is 18.8 Å². The molecule has 0 saturated heterocycles. The predicted octanol–water partition coefficient (Wildman–Crippen LogP) is 2.47. The zero-order valence-electron chi connectivity index (χ0n) is 11.7. The highest BCUT2D eigenvalue weighted by Gasteiger charge is 2.34. The van der Waals surface area contributed by atoms with Crippen LogP contribution in [0.25, 0.3) is 0 Å². The maximum atomic E-state index is 11.5. The monoisotopic (exact) mass is 256 g/mol. The Morgan fingerprint density at radius 1 is 1.33 bits per heavy atom. The van der Waals surface area contributed by atoms with Gasteiger partial charge in [-0.15, -0.1) is 0 Å². The molecule has 0 aromatic rings. The van der Waals surface area contributed by atoms with Gasteiger partial charge in [0, 0.05) is 12.7 Å². The highest BCUT2D eigenvalue weighted by Crippen LogP contribution is 2.33. The number of hydrogen-bond donors (Lipinski definition) is 0. The summed E-state index contributed by atoms with van der Waals surface area (Å²) in [5.41, 5.74) is 0.0895. The van der Waals surface area contributed by atoms with Crippen LogP contribution in [-0.2, 0) is 19.0 Å². The zero-order chi connectivity index (χ0) is 13.6. The van der Waals surface area contributed by atoms with Gasteiger partial charge in [0.2, 0.25) is 0 Å². The van der Waals surface area contributed by atoms with Crippen LogP contribution in [0, 0.1) is 0 Å². The van der Waals surface area contributed by atoms with E-state index >= 15 is 0 Å². The van der Waals surface area contributed by atoms with Gasteiger partial charge in [-0.1, -0.05) is 6.58 Å². The fourth-order valence-electron chi connectivity index (χ4n) is 2.08. The SMILES string of the molecule is C=C(C)C(=O)OC1(C)CCC(OCCOC)CC1. The van der Waals surface area contributed by atoms with E-state index in [9.17, 15) is 4.79 Å². The Kier molecular flexibility index (Phi) is 5.82. The molecule has 0 aliphatic heterocycles. The second-order valence-electron chi connectivity index (χ2n) is 5.18. The molecule has 0 amide bonds. The van der Waals surface area contributed by atoms with E-state index in [0.717, 1.165) is 25.7 Å². The second-order valence-corrected chi connectivity index (χ2v) is 5.18. The van der Waals surface area contributed by atoms with Gasteiger partial charge in [0.1, 0.15) is 5.60 Å². The average molecular weight is 256 g/mol. The Balaban J connectivity index is 2.33. The third-order valence-corrected chi connectivity index (χ3v) is 3.32. The molecule has 1 saturated carbocycles. The fourth-order valence-corrected chi connectivity index (χ4v) is 2.08. The van der Waals surface area contributed by atoms with Crippen LogP contribution in [0.1, 0.15) is 39.5 Å². The summed E-state index contributed by atoms with van der Waals surface area (Å²) < 4.78 is 16.1. The highest BCUT2D eigenvalue weighted by molar-refractivity contribution is 5.87. The van der Waals surface area contributed by atoms with Crippen LogP contribution in [0.3, 0.4) is 0 Å². The lowest BCUT2D eigenvalue weighted by Gasteiger charge is -2.36. The van der Waals surface area contributed by atoms with Crippen LogP contribution >= 0.6 is 0 Å². The Hall–Kier alpha value is -0.870. The topological polar surface area (TPSA) is 44.8 Å². The first kappa shape index (κ1) is 15.2. The van der Waals surface area contributed by atoms with Crippen LogP contribution in [-0.4, -0.2) is 38.0 Å². The average Bonchev–Trinajstić information content (AvgIpc) is 2.32. The third kappa shape index (κ3) is 4.78. The van der Waals surface area contributed by atoms with Crippen LogP contribution in [0.5, 0.6) is 0 Å². The number of methoxy groups -OCH3 is 1. The maximum Gasteiger partial charge on any atom is 0.333 e. The van der Waals surface area contributed by atoms with Crippen molar-refractivity contribution in [3.05, 3.63) is 12.2 Å². The maximum absolute atomic E-state index is 11.5. The van der Waals surface area contributed by atoms with E-state index in [1.807, 2.05) is 6.92 Å². The van der Waals surface area contributed by atoms with Crippen molar-refractivity contribution in [2.24, 2.45) is 0 Å². The minimum absolute atomic E-state index is 0.261. The smallest absolute Gasteiger partial charge is 0.333 e. The van der Waals surface area contributed by atoms with Gasteiger partial charge in [0.15, 0.2) is 0 Å². The molecule has 0 spiro atoms. The second kappa shape index (κ2) is 6.90. The first-order chi connectivity index (χ1) is 8.47. The van der Waals surface area contributed by atoms with E-state index in [2.05, 4.69) is 6.58 Å². The van der Waals surface area contributed by atoms with Crippen molar-refractivity contribution in [2.45, 2.75) is 51.2 Å². The van der Waals surface area contributed by atoms with Gasteiger partial charge in [-0.25, -0.2) is 4.79 Å². The Labute approximate surface area is 109 Å². The standard InChI is InChI=1S/C14H24O4/c1-11(2)13(15)18-14(3)7-5-12(6-8-14)17-10-9-16-4/h12H,1,5-10H2,2-4H3. The highest BCUT2D eigenvalue weighted by atomic mass is 16.6. The molecule has 1 aliphatic rings. The molecule has 0 unspecified atom stereocenters. The summed E-state index contributed by atoms with van der Waals surface area (Å²) in [5.74, 6) is -0.295. The van der Waals surface area contributed by atoms with E-state index < -0.39 is 0 Å². The third-order valence-electron chi connectivity index (χ3n) is 3.32. The quantitative estimate of drug-likeness (QED) is 0.416. The molecule has 0 radical (unpaired) electrons. The number of carbonyl (C=O) groups excluding carboxylic acids is 1. The molecule has 104 valence electrons. The van der Waals surface area contributed by atoms with E-state index in [1.165, 1.54) is 0 Å². The molecule has 0 aromatic heterocycles. The van der Waals surface area contributed by atoms with E-state index in [-0.39, 0.29) is 17.7 Å². The molecule has 4 nitrogen and oxygen atoms in total. The molecule has 0 aromatic carbocycles. The summed E-state index contributed by atoms with van der Waals surface area (Å²) in [4.78, 5) is 11.5. The zero-order valence-corrected chi connectivity index (χ0v) is 11.7. The van der Waals surface area contributed by atoms with Crippen molar-refractivity contribution < 1.29 is 19.0 Å². The molecule has 1 aliphatic carbocycles. The van der Waals surface area contributed by atoms with Gasteiger partial charge in [0.25, 0.3) is 0 Å². The van der Waals surface area contributed by atoms with Crippen molar-refractivity contribution in [2.75, 3.05) is 20.3 Å². The first-order valence-electron chi connectivity index (χ1n) is 6.46. The number of ether oxygens (including phenoxy) is 3. The normalized spacial score (nSPS) is 27.8. The summed E-state index contributed by atoms with van der Waals surface area (Å²) in [7, 11) is 1.67. The molecule has 0 N–H and O–H groups in total. The molecular weight excluding hydrogens is 232 g/mol. The first-order valence-corrected chi connectivity index (χ1v) is 6.46. The number of hydrogen-bond acceptors (Lipinski definition) is 4. The van der Waals surface area contributed by atoms with Gasteiger partial charge in [0.05, 0.1) is 19.3 Å². The van der Waals surface area contributed by atoms with Gasteiger partial charge >= 0.3 is 5.97 Å². The Morgan fingerprint density at radius 3 is 2.44 bits per heavy atom. The summed E-state index contributed by atoms with van der Waals surface area (Å²) in [5, 5.41) is 0. The summed E-state index contributed by atoms with van der Waals surface area (Å²) in [6, 6.07) is 0. The number of esters is 1. The molecule has 4 heteroatoms. The Bertz CT molecular complexity index is 290. The molecule has 0 heterocycles. The van der Waals surface area contributed by atoms with E-state index in [1.54, 1.807) is 14.0 Å². The van der Waals surface area contributed by atoms with E-state index in [4.69, 9.17) is 14.2 Å². The lowest BCUT2D eigenvalue weighted by Crippen LogP contribution is -2.38. The summed E-state index contributed by atoms with van der Waals surface area (Å²) >= 11 is 0. The molecule has 0 bridgehead atoms. The minimum atomic E-state index is -0.364. The summed E-state index contributed by atoms with van der Waals surface area (Å²) in [6.45, 7) is 8.51. The molecule has 1 fully saturated rings. The van der Waals surface area contributed by atoms with Crippen molar-refractivity contribution >= 4 is 5.97 Å². The minimum Gasteiger partial charge on any atom is -0.456 e. The van der Waals surface area contributed by atoms with Crippen molar-refractivity contribution in [3.8, 4) is 0 Å². The predicted molar refractivity (Wildman–Crippen MR) is 69.4 cm³/mol. The molecule has 1 rings (SSSR count). The van der Waals surface area contributed by atoms with Crippen LogP contribution in [0.4, 0.5) is 0 Å². The fraction of sp³-hybridized carbons (Fsp3) is 0.786. The van der Waals surface area contributed by atoms with Crippen LogP contribution in [0.2, 0.25) is 0 Å². The number of carbonyl (C=O) groups is 1. The molecular formula is C14H24O4. The van der Waals surface area contributed by atoms with Crippen LogP contribution in [0.15, 0.2) is 12.2 Å².